The summed E-state index contributed by atoms with van der Waals surface area (Å²) in [5.41, 5.74) is 3.62. The number of nitrogens with one attached hydrogen (secondary N) is 2. The molecule has 0 spiro atoms. The molecule has 1 heterocycles. The fourth-order valence-electron chi connectivity index (χ4n) is 6.77. The van der Waals surface area contributed by atoms with Gasteiger partial charge in [0.2, 0.25) is 5.91 Å². The Labute approximate surface area is 149 Å². The van der Waals surface area contributed by atoms with Crippen LogP contribution in [-0.2, 0) is 14.4 Å². The summed E-state index contributed by atoms with van der Waals surface area (Å²) >= 11 is 0. The monoisotopic (exact) mass is 346 g/mol. The van der Waals surface area contributed by atoms with Crippen LogP contribution in [0, 0.1) is 28.6 Å². The summed E-state index contributed by atoms with van der Waals surface area (Å²) in [7, 11) is 1.49. The highest BCUT2D eigenvalue weighted by Gasteiger charge is 2.59. The molecule has 0 aromatic rings. The van der Waals surface area contributed by atoms with E-state index in [-0.39, 0.29) is 22.6 Å². The van der Waals surface area contributed by atoms with Crippen molar-refractivity contribution in [3.05, 3.63) is 11.6 Å². The van der Waals surface area contributed by atoms with Gasteiger partial charge in [-0.05, 0) is 61.7 Å². The molecular formula is C20H30N2O3. The standard InChI is InChI=1S/C20H30N2O3/c1-19-10-8-14-12(13(19)5-6-15(19)18(24)22-25-3)4-7-16-20(14,2)11-9-17(23)21-16/h6,12-14,16H,4-5,7-11H2,1-3H3,(H,21,23)(H,22,24)/t12-,13-,14-,16?,19-,20+/m0/s1. The number of piperidine rings is 1. The van der Waals surface area contributed by atoms with Crippen LogP contribution in [-0.4, -0.2) is 25.0 Å². The highest BCUT2D eigenvalue weighted by atomic mass is 16.6. The van der Waals surface area contributed by atoms with Crippen LogP contribution in [0.4, 0.5) is 0 Å². The normalized spacial score (nSPS) is 45.6. The van der Waals surface area contributed by atoms with Crippen molar-refractivity contribution < 1.29 is 14.4 Å². The van der Waals surface area contributed by atoms with Crippen molar-refractivity contribution in [2.24, 2.45) is 28.6 Å². The zero-order chi connectivity index (χ0) is 17.8. The maximum absolute atomic E-state index is 12.4. The summed E-state index contributed by atoms with van der Waals surface area (Å²) < 4.78 is 0. The predicted octanol–water partition coefficient (Wildman–Crippen LogP) is 2.72. The number of amides is 2. The van der Waals surface area contributed by atoms with Crippen LogP contribution >= 0.6 is 0 Å². The number of hydrogen-bond donors (Lipinski definition) is 2. The number of hydrogen-bond acceptors (Lipinski definition) is 3. The summed E-state index contributed by atoms with van der Waals surface area (Å²) in [6.45, 7) is 4.68. The van der Waals surface area contributed by atoms with Gasteiger partial charge in [0, 0.05) is 23.5 Å². The van der Waals surface area contributed by atoms with Gasteiger partial charge in [-0.25, -0.2) is 5.48 Å². The third-order valence-electron chi connectivity index (χ3n) is 8.12. The molecular weight excluding hydrogens is 316 g/mol. The van der Waals surface area contributed by atoms with Crippen molar-refractivity contribution in [2.75, 3.05) is 7.11 Å². The van der Waals surface area contributed by atoms with Gasteiger partial charge in [0.1, 0.15) is 0 Å². The average molecular weight is 346 g/mol. The van der Waals surface area contributed by atoms with E-state index in [0.29, 0.717) is 30.2 Å². The van der Waals surface area contributed by atoms with Gasteiger partial charge in [-0.15, -0.1) is 0 Å². The molecule has 3 aliphatic carbocycles. The van der Waals surface area contributed by atoms with E-state index in [4.69, 9.17) is 4.84 Å². The summed E-state index contributed by atoms with van der Waals surface area (Å²) in [5.74, 6) is 2.00. The Balaban J connectivity index is 1.59. The van der Waals surface area contributed by atoms with E-state index in [0.717, 1.165) is 37.7 Å². The lowest BCUT2D eigenvalue weighted by atomic mass is 9.47. The van der Waals surface area contributed by atoms with Crippen molar-refractivity contribution >= 4 is 11.8 Å². The zero-order valence-electron chi connectivity index (χ0n) is 15.6. The van der Waals surface area contributed by atoms with Gasteiger partial charge in [0.05, 0.1) is 7.11 Å². The first-order valence-corrected chi connectivity index (χ1v) is 9.73. The summed E-state index contributed by atoms with van der Waals surface area (Å²) in [4.78, 5) is 29.2. The molecule has 5 heteroatoms. The summed E-state index contributed by atoms with van der Waals surface area (Å²) in [6, 6.07) is 0.338. The maximum Gasteiger partial charge on any atom is 0.270 e. The van der Waals surface area contributed by atoms with Crippen LogP contribution in [0.25, 0.3) is 0 Å². The lowest BCUT2D eigenvalue weighted by Gasteiger charge is -2.59. The van der Waals surface area contributed by atoms with Crippen LogP contribution < -0.4 is 10.8 Å². The van der Waals surface area contributed by atoms with Crippen molar-refractivity contribution in [1.82, 2.24) is 10.8 Å². The maximum atomic E-state index is 12.4. The molecule has 0 radical (unpaired) electrons. The molecule has 2 saturated carbocycles. The number of rotatable bonds is 2. The molecule has 25 heavy (non-hydrogen) atoms. The van der Waals surface area contributed by atoms with Gasteiger partial charge in [-0.2, -0.15) is 0 Å². The van der Waals surface area contributed by atoms with Crippen LogP contribution in [0.5, 0.6) is 0 Å². The molecule has 5 nitrogen and oxygen atoms in total. The molecule has 1 saturated heterocycles. The van der Waals surface area contributed by atoms with Crippen LogP contribution in [0.3, 0.4) is 0 Å². The van der Waals surface area contributed by atoms with E-state index in [2.05, 4.69) is 30.7 Å². The second kappa shape index (κ2) is 5.83. The number of carbonyl (C=O) groups excluding carboxylic acids is 2. The third-order valence-corrected chi connectivity index (χ3v) is 8.12. The molecule has 1 aliphatic heterocycles. The highest BCUT2D eigenvalue weighted by Crippen LogP contribution is 2.64. The predicted molar refractivity (Wildman–Crippen MR) is 94.2 cm³/mol. The zero-order valence-corrected chi connectivity index (χ0v) is 15.6. The Morgan fingerprint density at radius 3 is 2.80 bits per heavy atom. The van der Waals surface area contributed by atoms with E-state index in [1.807, 2.05) is 0 Å². The summed E-state index contributed by atoms with van der Waals surface area (Å²) in [5, 5.41) is 3.27. The molecule has 6 atom stereocenters. The Morgan fingerprint density at radius 2 is 2.04 bits per heavy atom. The number of hydroxylamine groups is 1. The molecule has 4 rings (SSSR count). The van der Waals surface area contributed by atoms with Crippen molar-refractivity contribution in [1.29, 1.82) is 0 Å². The lowest BCUT2D eigenvalue weighted by molar-refractivity contribution is -0.137. The molecule has 4 aliphatic rings. The van der Waals surface area contributed by atoms with Crippen molar-refractivity contribution in [3.63, 3.8) is 0 Å². The van der Waals surface area contributed by atoms with Crippen molar-refractivity contribution in [2.45, 2.75) is 64.8 Å². The highest BCUT2D eigenvalue weighted by molar-refractivity contribution is 5.94. The fraction of sp³-hybridized carbons (Fsp3) is 0.800. The molecule has 2 amide bonds. The second-order valence-electron chi connectivity index (χ2n) is 9.03. The summed E-state index contributed by atoms with van der Waals surface area (Å²) in [6.07, 6.45) is 9.27. The van der Waals surface area contributed by atoms with E-state index in [1.165, 1.54) is 13.5 Å². The van der Waals surface area contributed by atoms with E-state index in [1.54, 1.807) is 0 Å². The van der Waals surface area contributed by atoms with Gasteiger partial charge in [0.25, 0.3) is 5.91 Å². The smallest absolute Gasteiger partial charge is 0.270 e. The minimum atomic E-state index is -0.0734. The number of allylic oxidation sites excluding steroid dienone is 1. The quantitative estimate of drug-likeness (QED) is 0.756. The van der Waals surface area contributed by atoms with E-state index < -0.39 is 0 Å². The molecule has 0 aromatic heterocycles. The van der Waals surface area contributed by atoms with Gasteiger partial charge in [-0.3, -0.25) is 14.4 Å². The van der Waals surface area contributed by atoms with Crippen LogP contribution in [0.1, 0.15) is 58.8 Å². The minimum absolute atomic E-state index is 0.0368. The van der Waals surface area contributed by atoms with Gasteiger partial charge in [-0.1, -0.05) is 19.9 Å². The molecule has 0 bridgehead atoms. The largest absolute Gasteiger partial charge is 0.353 e. The first-order valence-electron chi connectivity index (χ1n) is 9.73. The Bertz CT molecular complexity index is 630. The first-order chi connectivity index (χ1) is 11.9. The Hall–Kier alpha value is -1.36. The van der Waals surface area contributed by atoms with E-state index >= 15 is 0 Å². The Morgan fingerprint density at radius 1 is 1.24 bits per heavy atom. The van der Waals surface area contributed by atoms with E-state index in [9.17, 15) is 9.59 Å². The number of carbonyl (C=O) groups is 2. The molecule has 3 fully saturated rings. The van der Waals surface area contributed by atoms with Gasteiger partial charge >= 0.3 is 0 Å². The fourth-order valence-corrected chi connectivity index (χ4v) is 6.77. The third kappa shape index (κ3) is 2.38. The van der Waals surface area contributed by atoms with Crippen LogP contribution in [0.15, 0.2) is 11.6 Å². The molecule has 2 N–H and O–H groups in total. The van der Waals surface area contributed by atoms with Gasteiger partial charge < -0.3 is 5.32 Å². The van der Waals surface area contributed by atoms with Gasteiger partial charge in [0.15, 0.2) is 0 Å². The lowest BCUT2D eigenvalue weighted by Crippen LogP contribution is -2.61. The SMILES string of the molecule is CONC(=O)C1=CC[C@H]2[C@@H]3CCC4NC(=O)CC[C@]4(C)[C@H]3CC[C@]12C. The molecule has 138 valence electrons. The molecule has 1 unspecified atom stereocenters. The van der Waals surface area contributed by atoms with Crippen molar-refractivity contribution in [3.8, 4) is 0 Å². The first kappa shape index (κ1) is 17.1. The Kier molecular flexibility index (Phi) is 3.98. The van der Waals surface area contributed by atoms with Crippen LogP contribution in [0.2, 0.25) is 0 Å². The molecule has 0 aromatic carbocycles. The second-order valence-corrected chi connectivity index (χ2v) is 9.03. The topological polar surface area (TPSA) is 67.4 Å². The minimum Gasteiger partial charge on any atom is -0.353 e. The average Bonchev–Trinajstić information content (AvgIpc) is 2.93. The number of fused-ring (bicyclic) bond motifs is 5.